The Hall–Kier alpha value is -2.62. The van der Waals surface area contributed by atoms with Crippen LogP contribution in [-0.2, 0) is 0 Å². The molecule has 0 unspecified atom stereocenters. The highest BCUT2D eigenvalue weighted by atomic mass is 16.2. The van der Waals surface area contributed by atoms with Gasteiger partial charge in [-0.2, -0.15) is 5.10 Å². The minimum absolute atomic E-state index is 0.254. The van der Waals surface area contributed by atoms with Gasteiger partial charge in [0.05, 0.1) is 5.71 Å². The predicted octanol–water partition coefficient (Wildman–Crippen LogP) is 2.42. The van der Waals surface area contributed by atoms with Gasteiger partial charge in [-0.25, -0.2) is 5.43 Å². The van der Waals surface area contributed by atoms with Crippen LogP contribution in [0.1, 0.15) is 22.8 Å². The van der Waals surface area contributed by atoms with Gasteiger partial charge in [0.15, 0.2) is 0 Å². The minimum atomic E-state index is -0.254. The van der Waals surface area contributed by atoms with E-state index in [9.17, 15) is 4.79 Å². The lowest BCUT2D eigenvalue weighted by Crippen LogP contribution is -2.19. The largest absolute Gasteiger partial charge is 0.399 e. The van der Waals surface area contributed by atoms with Gasteiger partial charge in [0.25, 0.3) is 5.91 Å². The molecule has 2 aromatic rings. The zero-order valence-electron chi connectivity index (χ0n) is 10.6. The third-order valence-electron chi connectivity index (χ3n) is 2.69. The van der Waals surface area contributed by atoms with Crippen LogP contribution in [0.4, 0.5) is 5.69 Å². The molecule has 0 heterocycles. The van der Waals surface area contributed by atoms with Crippen LogP contribution in [0.2, 0.25) is 0 Å². The summed E-state index contributed by atoms with van der Waals surface area (Å²) in [5.74, 6) is -0.254. The van der Waals surface area contributed by atoms with Crippen LogP contribution in [-0.4, -0.2) is 11.6 Å². The van der Waals surface area contributed by atoms with Crippen LogP contribution in [0.5, 0.6) is 0 Å². The topological polar surface area (TPSA) is 67.5 Å². The van der Waals surface area contributed by atoms with E-state index in [4.69, 9.17) is 5.73 Å². The van der Waals surface area contributed by atoms with E-state index in [2.05, 4.69) is 10.5 Å². The molecule has 3 N–H and O–H groups in total. The Balaban J connectivity index is 2.06. The molecule has 0 aliphatic carbocycles. The van der Waals surface area contributed by atoms with Gasteiger partial charge in [-0.15, -0.1) is 0 Å². The predicted molar refractivity (Wildman–Crippen MR) is 77.0 cm³/mol. The third kappa shape index (κ3) is 3.42. The fourth-order valence-electron chi connectivity index (χ4n) is 1.58. The highest BCUT2D eigenvalue weighted by molar-refractivity contribution is 6.00. The lowest BCUT2D eigenvalue weighted by molar-refractivity contribution is 0.0955. The molecule has 0 aromatic heterocycles. The molecule has 19 heavy (non-hydrogen) atoms. The Morgan fingerprint density at radius 1 is 1.00 bits per heavy atom. The van der Waals surface area contributed by atoms with Crippen molar-refractivity contribution in [2.45, 2.75) is 6.92 Å². The molecule has 4 heteroatoms. The van der Waals surface area contributed by atoms with Crippen LogP contribution >= 0.6 is 0 Å². The summed E-state index contributed by atoms with van der Waals surface area (Å²) in [7, 11) is 0. The molecule has 0 spiro atoms. The Kier molecular flexibility index (Phi) is 3.93. The van der Waals surface area contributed by atoms with E-state index >= 15 is 0 Å². The maximum absolute atomic E-state index is 11.8. The first kappa shape index (κ1) is 12.8. The number of hydrogen-bond acceptors (Lipinski definition) is 3. The lowest BCUT2D eigenvalue weighted by Gasteiger charge is -2.03. The van der Waals surface area contributed by atoms with E-state index in [0.29, 0.717) is 11.3 Å². The van der Waals surface area contributed by atoms with Crippen molar-refractivity contribution in [3.8, 4) is 0 Å². The second kappa shape index (κ2) is 5.82. The van der Waals surface area contributed by atoms with Crippen molar-refractivity contribution in [1.29, 1.82) is 0 Å². The van der Waals surface area contributed by atoms with E-state index in [1.165, 1.54) is 0 Å². The van der Waals surface area contributed by atoms with Gasteiger partial charge in [0, 0.05) is 11.3 Å². The maximum Gasteiger partial charge on any atom is 0.271 e. The number of rotatable bonds is 3. The quantitative estimate of drug-likeness (QED) is 0.501. The Bertz CT molecular complexity index is 589. The Morgan fingerprint density at radius 2 is 1.63 bits per heavy atom. The van der Waals surface area contributed by atoms with Crippen molar-refractivity contribution < 1.29 is 4.79 Å². The van der Waals surface area contributed by atoms with Gasteiger partial charge in [-0.05, 0) is 36.8 Å². The zero-order chi connectivity index (χ0) is 13.7. The monoisotopic (exact) mass is 253 g/mol. The standard InChI is InChI=1S/C15H15N3O/c1-11(12-5-3-2-4-6-12)17-18-15(19)13-7-9-14(16)10-8-13/h2-10H,16H2,1H3,(H,18,19)/b17-11-. The molecule has 0 fully saturated rings. The smallest absolute Gasteiger partial charge is 0.271 e. The summed E-state index contributed by atoms with van der Waals surface area (Å²) in [4.78, 5) is 11.8. The summed E-state index contributed by atoms with van der Waals surface area (Å²) < 4.78 is 0. The summed E-state index contributed by atoms with van der Waals surface area (Å²) in [5, 5.41) is 4.08. The summed E-state index contributed by atoms with van der Waals surface area (Å²) in [6, 6.07) is 16.4. The Labute approximate surface area is 112 Å². The number of anilines is 1. The molecule has 96 valence electrons. The van der Waals surface area contributed by atoms with E-state index in [1.54, 1.807) is 24.3 Å². The molecular formula is C15H15N3O. The van der Waals surface area contributed by atoms with E-state index in [0.717, 1.165) is 11.3 Å². The summed E-state index contributed by atoms with van der Waals surface area (Å²) >= 11 is 0. The molecule has 2 rings (SSSR count). The van der Waals surface area contributed by atoms with Gasteiger partial charge in [-0.1, -0.05) is 30.3 Å². The first-order valence-corrected chi connectivity index (χ1v) is 5.92. The SMILES string of the molecule is C/C(=N/NC(=O)c1ccc(N)cc1)c1ccccc1. The van der Waals surface area contributed by atoms with Crippen molar-refractivity contribution in [1.82, 2.24) is 5.43 Å². The summed E-state index contributed by atoms with van der Waals surface area (Å²) in [6.45, 7) is 1.85. The molecular weight excluding hydrogens is 238 g/mol. The second-order valence-electron chi connectivity index (χ2n) is 4.13. The average Bonchev–Trinajstić information content (AvgIpc) is 2.46. The van der Waals surface area contributed by atoms with E-state index < -0.39 is 0 Å². The number of nitrogens with one attached hydrogen (secondary N) is 1. The lowest BCUT2D eigenvalue weighted by atomic mass is 10.1. The normalized spacial score (nSPS) is 11.1. The van der Waals surface area contributed by atoms with Crippen LogP contribution in [0.15, 0.2) is 59.7 Å². The van der Waals surface area contributed by atoms with E-state index in [1.807, 2.05) is 37.3 Å². The number of carbonyl (C=O) groups is 1. The van der Waals surface area contributed by atoms with Gasteiger partial charge < -0.3 is 5.73 Å². The van der Waals surface area contributed by atoms with Gasteiger partial charge in [0.1, 0.15) is 0 Å². The fraction of sp³-hybridized carbons (Fsp3) is 0.0667. The van der Waals surface area contributed by atoms with E-state index in [-0.39, 0.29) is 5.91 Å². The molecule has 4 nitrogen and oxygen atoms in total. The van der Waals surface area contributed by atoms with Crippen molar-refractivity contribution in [2.75, 3.05) is 5.73 Å². The number of nitrogen functional groups attached to an aromatic ring is 1. The van der Waals surface area contributed by atoms with Crippen molar-refractivity contribution in [2.24, 2.45) is 5.10 Å². The van der Waals surface area contributed by atoms with Crippen molar-refractivity contribution in [3.05, 3.63) is 65.7 Å². The van der Waals surface area contributed by atoms with Gasteiger partial charge in [0.2, 0.25) is 0 Å². The summed E-state index contributed by atoms with van der Waals surface area (Å²) in [5.41, 5.74) is 11.0. The number of hydrazone groups is 1. The maximum atomic E-state index is 11.8. The first-order chi connectivity index (χ1) is 9.16. The third-order valence-corrected chi connectivity index (χ3v) is 2.69. The average molecular weight is 253 g/mol. The molecule has 0 saturated carbocycles. The fourth-order valence-corrected chi connectivity index (χ4v) is 1.58. The Morgan fingerprint density at radius 3 is 2.26 bits per heavy atom. The zero-order valence-corrected chi connectivity index (χ0v) is 10.6. The molecule has 0 aliphatic rings. The van der Waals surface area contributed by atoms with Crippen LogP contribution in [0.3, 0.4) is 0 Å². The van der Waals surface area contributed by atoms with Gasteiger partial charge in [-0.3, -0.25) is 4.79 Å². The number of hydrogen-bond donors (Lipinski definition) is 2. The van der Waals surface area contributed by atoms with Crippen LogP contribution < -0.4 is 11.2 Å². The van der Waals surface area contributed by atoms with Crippen LogP contribution in [0.25, 0.3) is 0 Å². The van der Waals surface area contributed by atoms with Crippen molar-refractivity contribution >= 4 is 17.3 Å². The van der Waals surface area contributed by atoms with Crippen molar-refractivity contribution in [3.63, 3.8) is 0 Å². The highest BCUT2D eigenvalue weighted by Crippen LogP contribution is 2.05. The summed E-state index contributed by atoms with van der Waals surface area (Å²) in [6.07, 6.45) is 0. The molecule has 0 radical (unpaired) electrons. The minimum Gasteiger partial charge on any atom is -0.399 e. The number of benzene rings is 2. The molecule has 0 atom stereocenters. The number of carbonyl (C=O) groups excluding carboxylic acids is 1. The van der Waals surface area contributed by atoms with Crippen LogP contribution in [0, 0.1) is 0 Å². The first-order valence-electron chi connectivity index (χ1n) is 5.92. The molecule has 1 amide bonds. The van der Waals surface area contributed by atoms with Gasteiger partial charge >= 0.3 is 0 Å². The molecule has 2 aromatic carbocycles. The highest BCUT2D eigenvalue weighted by Gasteiger charge is 2.04. The number of nitrogens with two attached hydrogens (primary N) is 1. The molecule has 0 saturated heterocycles. The molecule has 0 aliphatic heterocycles. The second-order valence-corrected chi connectivity index (χ2v) is 4.13. The number of amides is 1. The number of nitrogens with zero attached hydrogens (tertiary/aromatic N) is 1. The molecule has 0 bridgehead atoms.